The molecule has 4 N–H and O–H groups in total. The second kappa shape index (κ2) is 6.71. The summed E-state index contributed by atoms with van der Waals surface area (Å²) in [7, 11) is 0. The summed E-state index contributed by atoms with van der Waals surface area (Å²) in [5.41, 5.74) is 7.55. The number of furan rings is 1. The zero-order valence-electron chi connectivity index (χ0n) is 12.2. The van der Waals surface area contributed by atoms with Crippen LogP contribution in [0.2, 0.25) is 0 Å². The van der Waals surface area contributed by atoms with Crippen LogP contribution in [0.25, 0.3) is 22.6 Å². The normalized spacial score (nSPS) is 9.87. The number of H-pyrrole nitrogens is 1. The SMILES string of the molecule is N#Cc1c(-c2c[nH]c(C(=O)O)c2)cc(-c2ccco2)nc1N.[Na+]. The molecule has 108 valence electrons. The minimum atomic E-state index is -1.09. The minimum Gasteiger partial charge on any atom is -0.477 e. The third kappa shape index (κ3) is 3.14. The van der Waals surface area contributed by atoms with Gasteiger partial charge in [-0.15, -0.1) is 0 Å². The van der Waals surface area contributed by atoms with E-state index in [1.807, 2.05) is 6.07 Å². The number of nitrogens with one attached hydrogen (secondary N) is 1. The molecule has 8 heteroatoms. The van der Waals surface area contributed by atoms with Crippen LogP contribution in [0, 0.1) is 11.3 Å². The van der Waals surface area contributed by atoms with E-state index in [4.69, 9.17) is 15.3 Å². The van der Waals surface area contributed by atoms with Crippen LogP contribution in [-0.2, 0) is 0 Å². The van der Waals surface area contributed by atoms with Crippen molar-refractivity contribution in [2.45, 2.75) is 0 Å². The number of nitrogen functional groups attached to an aromatic ring is 1. The van der Waals surface area contributed by atoms with Crippen molar-refractivity contribution in [1.82, 2.24) is 9.97 Å². The number of carboxylic acids is 1. The van der Waals surface area contributed by atoms with Gasteiger partial charge in [0.15, 0.2) is 5.76 Å². The molecule has 3 aromatic rings. The average molecular weight is 317 g/mol. The first-order valence-corrected chi connectivity index (χ1v) is 6.26. The van der Waals surface area contributed by atoms with Crippen molar-refractivity contribution >= 4 is 11.8 Å². The van der Waals surface area contributed by atoms with Crippen LogP contribution < -0.4 is 35.3 Å². The molecule has 0 saturated heterocycles. The largest absolute Gasteiger partial charge is 1.00 e. The zero-order valence-corrected chi connectivity index (χ0v) is 14.2. The molecule has 3 rings (SSSR count). The van der Waals surface area contributed by atoms with Gasteiger partial charge in [0.05, 0.1) is 6.26 Å². The summed E-state index contributed by atoms with van der Waals surface area (Å²) in [6, 6.07) is 8.50. The summed E-state index contributed by atoms with van der Waals surface area (Å²) < 4.78 is 5.28. The number of aromatic amines is 1. The van der Waals surface area contributed by atoms with Gasteiger partial charge in [-0.1, -0.05) is 0 Å². The van der Waals surface area contributed by atoms with Gasteiger partial charge in [-0.05, 0) is 24.3 Å². The molecular formula is C15H10N4NaO3+. The van der Waals surface area contributed by atoms with Crippen LogP contribution >= 0.6 is 0 Å². The number of pyridine rings is 1. The van der Waals surface area contributed by atoms with Crippen LogP contribution in [0.1, 0.15) is 16.1 Å². The molecule has 0 aliphatic rings. The number of rotatable bonds is 3. The van der Waals surface area contributed by atoms with Crippen LogP contribution in [0.3, 0.4) is 0 Å². The molecule has 0 radical (unpaired) electrons. The molecule has 0 saturated carbocycles. The Morgan fingerprint density at radius 1 is 1.43 bits per heavy atom. The van der Waals surface area contributed by atoms with Crippen LogP contribution in [0.15, 0.2) is 41.1 Å². The van der Waals surface area contributed by atoms with Gasteiger partial charge in [-0.3, -0.25) is 0 Å². The van der Waals surface area contributed by atoms with Gasteiger partial charge in [-0.2, -0.15) is 5.26 Å². The van der Waals surface area contributed by atoms with Crippen molar-refractivity contribution in [3.63, 3.8) is 0 Å². The number of nitrogens with zero attached hydrogens (tertiary/aromatic N) is 2. The second-order valence-corrected chi connectivity index (χ2v) is 4.51. The number of anilines is 1. The van der Waals surface area contributed by atoms with E-state index in [2.05, 4.69) is 9.97 Å². The van der Waals surface area contributed by atoms with Crippen molar-refractivity contribution in [2.75, 3.05) is 5.73 Å². The van der Waals surface area contributed by atoms with Gasteiger partial charge < -0.3 is 20.2 Å². The third-order valence-corrected chi connectivity index (χ3v) is 3.16. The monoisotopic (exact) mass is 317 g/mol. The molecule has 0 spiro atoms. The Balaban J connectivity index is 0.00000192. The van der Waals surface area contributed by atoms with Gasteiger partial charge in [0.2, 0.25) is 0 Å². The number of carboxylic acid groups (broad SMARTS) is 1. The quantitative estimate of drug-likeness (QED) is 0.558. The Bertz CT molecular complexity index is 894. The number of hydrogen-bond acceptors (Lipinski definition) is 5. The molecule has 0 bridgehead atoms. The van der Waals surface area contributed by atoms with Crippen LogP contribution in [0.5, 0.6) is 0 Å². The molecule has 0 aliphatic carbocycles. The zero-order chi connectivity index (χ0) is 15.7. The fourth-order valence-corrected chi connectivity index (χ4v) is 2.13. The molecule has 0 aromatic carbocycles. The Kier molecular flexibility index (Phi) is 4.91. The molecule has 0 atom stereocenters. The summed E-state index contributed by atoms with van der Waals surface area (Å²) in [5, 5.41) is 18.3. The predicted molar refractivity (Wildman–Crippen MR) is 77.8 cm³/mol. The maximum atomic E-state index is 11.0. The van der Waals surface area contributed by atoms with E-state index in [9.17, 15) is 10.1 Å². The standard InChI is InChI=1S/C15H10N4O3.Na/c16-6-10-9(8-4-12(15(20)21)18-7-8)5-11(19-14(10)17)13-2-1-3-22-13;/h1-5,7,18H,(H2,17,19)(H,20,21);/q;+1. The fourth-order valence-electron chi connectivity index (χ4n) is 2.13. The molecule has 3 heterocycles. The number of aromatic carboxylic acids is 1. The summed E-state index contributed by atoms with van der Waals surface area (Å²) in [6.07, 6.45) is 3.01. The Morgan fingerprint density at radius 2 is 2.22 bits per heavy atom. The van der Waals surface area contributed by atoms with E-state index < -0.39 is 5.97 Å². The van der Waals surface area contributed by atoms with Crippen molar-refractivity contribution in [1.29, 1.82) is 5.26 Å². The van der Waals surface area contributed by atoms with E-state index in [0.717, 1.165) is 0 Å². The van der Waals surface area contributed by atoms with Crippen molar-refractivity contribution in [3.05, 3.63) is 48.0 Å². The molecule has 7 nitrogen and oxygen atoms in total. The second-order valence-electron chi connectivity index (χ2n) is 4.51. The van der Waals surface area contributed by atoms with Crippen molar-refractivity contribution in [2.24, 2.45) is 0 Å². The Hall–Kier alpha value is -2.53. The smallest absolute Gasteiger partial charge is 0.477 e. The van der Waals surface area contributed by atoms with Gasteiger partial charge in [0.25, 0.3) is 0 Å². The molecule has 0 unspecified atom stereocenters. The molecule has 0 amide bonds. The Morgan fingerprint density at radius 3 is 2.78 bits per heavy atom. The molecule has 3 aromatic heterocycles. The first kappa shape index (κ1) is 16.8. The molecule has 0 fully saturated rings. The van der Waals surface area contributed by atoms with Crippen LogP contribution in [-0.4, -0.2) is 21.0 Å². The number of carbonyl (C=O) groups is 1. The van der Waals surface area contributed by atoms with E-state index in [-0.39, 0.29) is 46.6 Å². The topological polar surface area (TPSA) is 129 Å². The van der Waals surface area contributed by atoms with E-state index in [0.29, 0.717) is 22.6 Å². The number of hydrogen-bond donors (Lipinski definition) is 3. The molecular weight excluding hydrogens is 307 g/mol. The first-order chi connectivity index (χ1) is 10.6. The minimum absolute atomic E-state index is 0. The summed E-state index contributed by atoms with van der Waals surface area (Å²) in [6.45, 7) is 0. The van der Waals surface area contributed by atoms with Gasteiger partial charge in [0.1, 0.15) is 28.8 Å². The first-order valence-electron chi connectivity index (χ1n) is 6.26. The average Bonchev–Trinajstić information content (AvgIpc) is 3.18. The third-order valence-electron chi connectivity index (χ3n) is 3.16. The summed E-state index contributed by atoms with van der Waals surface area (Å²) >= 11 is 0. The molecule has 23 heavy (non-hydrogen) atoms. The predicted octanol–water partition coefficient (Wildman–Crippen LogP) is -0.507. The van der Waals surface area contributed by atoms with Crippen LogP contribution in [0.4, 0.5) is 5.82 Å². The molecule has 0 aliphatic heterocycles. The fraction of sp³-hybridized carbons (Fsp3) is 0. The number of nitrogens with two attached hydrogens (primary N) is 1. The van der Waals surface area contributed by atoms with Crippen molar-refractivity contribution < 1.29 is 43.9 Å². The van der Waals surface area contributed by atoms with E-state index in [1.54, 1.807) is 18.2 Å². The number of nitriles is 1. The van der Waals surface area contributed by atoms with Gasteiger partial charge in [-0.25, -0.2) is 9.78 Å². The summed E-state index contributed by atoms with van der Waals surface area (Å²) in [4.78, 5) is 17.8. The van der Waals surface area contributed by atoms with Gasteiger partial charge >= 0.3 is 35.5 Å². The maximum Gasteiger partial charge on any atom is 1.00 e. The van der Waals surface area contributed by atoms with E-state index >= 15 is 0 Å². The summed E-state index contributed by atoms with van der Waals surface area (Å²) in [5.74, 6) is -0.519. The number of aromatic nitrogens is 2. The van der Waals surface area contributed by atoms with Crippen molar-refractivity contribution in [3.8, 4) is 28.7 Å². The van der Waals surface area contributed by atoms with Gasteiger partial charge in [0, 0.05) is 17.3 Å². The maximum absolute atomic E-state index is 11.0. The Labute approximate surface area is 153 Å². The van der Waals surface area contributed by atoms with E-state index in [1.165, 1.54) is 18.5 Å².